The minimum absolute atomic E-state index is 0.0231. The highest BCUT2D eigenvalue weighted by atomic mass is 16.5. The molecule has 1 aliphatic heterocycles. The molecule has 0 radical (unpaired) electrons. The van der Waals surface area contributed by atoms with E-state index in [1.807, 2.05) is 6.07 Å². The SMILES string of the molecule is COC(=O)C[C@@H]1C[C@@H](CNC(=O)c2cc(-c3ccc(C#N)cc3)n[nH]c2=O)NC1=O. The Balaban J connectivity index is 1.66. The fourth-order valence-electron chi connectivity index (χ4n) is 3.17. The summed E-state index contributed by atoms with van der Waals surface area (Å²) in [5, 5.41) is 20.5. The Kier molecular flexibility index (Phi) is 6.22. The maximum Gasteiger partial charge on any atom is 0.306 e. The molecule has 0 unspecified atom stereocenters. The van der Waals surface area contributed by atoms with Gasteiger partial charge in [0, 0.05) is 18.2 Å². The van der Waals surface area contributed by atoms with Crippen molar-refractivity contribution in [3.63, 3.8) is 0 Å². The van der Waals surface area contributed by atoms with E-state index in [1.165, 1.54) is 13.2 Å². The number of ether oxygens (including phenoxy) is 1. The molecule has 1 aromatic heterocycles. The summed E-state index contributed by atoms with van der Waals surface area (Å²) in [6, 6.07) is 9.56. The van der Waals surface area contributed by atoms with Crippen LogP contribution in [0.3, 0.4) is 0 Å². The maximum absolute atomic E-state index is 12.5. The molecule has 1 aromatic carbocycles. The zero-order chi connectivity index (χ0) is 21.7. The van der Waals surface area contributed by atoms with Crippen molar-refractivity contribution in [2.24, 2.45) is 5.92 Å². The van der Waals surface area contributed by atoms with Crippen molar-refractivity contribution in [2.75, 3.05) is 13.7 Å². The Labute approximate surface area is 171 Å². The average Bonchev–Trinajstić information content (AvgIpc) is 3.11. The fraction of sp³-hybridized carbons (Fsp3) is 0.300. The predicted octanol–water partition coefficient (Wildman–Crippen LogP) is 0.106. The van der Waals surface area contributed by atoms with Gasteiger partial charge in [0.1, 0.15) is 5.56 Å². The first-order valence-corrected chi connectivity index (χ1v) is 9.17. The van der Waals surface area contributed by atoms with Gasteiger partial charge in [-0.2, -0.15) is 10.4 Å². The minimum atomic E-state index is -0.649. The van der Waals surface area contributed by atoms with Crippen LogP contribution in [0.5, 0.6) is 0 Å². The molecule has 0 bridgehead atoms. The van der Waals surface area contributed by atoms with Crippen LogP contribution >= 0.6 is 0 Å². The number of nitrogens with one attached hydrogen (secondary N) is 3. The highest BCUT2D eigenvalue weighted by molar-refractivity contribution is 5.94. The largest absolute Gasteiger partial charge is 0.469 e. The third-order valence-corrected chi connectivity index (χ3v) is 4.79. The molecule has 2 atom stereocenters. The molecule has 2 heterocycles. The number of carbonyl (C=O) groups excluding carboxylic acids is 3. The summed E-state index contributed by atoms with van der Waals surface area (Å²) in [5.74, 6) is -1.87. The van der Waals surface area contributed by atoms with Crippen molar-refractivity contribution in [3.8, 4) is 17.3 Å². The van der Waals surface area contributed by atoms with Crippen molar-refractivity contribution in [1.29, 1.82) is 5.26 Å². The standard InChI is InChI=1S/C20H19N5O5/c1-30-17(26)7-13-6-14(23-18(13)27)10-22-19(28)15-8-16(24-25-20(15)29)12-4-2-11(9-21)3-5-12/h2-5,8,13-14H,6-7,10H2,1H3,(H,22,28)(H,23,27)(H,25,29)/t13-,14-/m0/s1. The van der Waals surface area contributed by atoms with Crippen LogP contribution in [0.1, 0.15) is 28.8 Å². The van der Waals surface area contributed by atoms with E-state index in [9.17, 15) is 19.2 Å². The second-order valence-corrected chi connectivity index (χ2v) is 6.81. The van der Waals surface area contributed by atoms with E-state index in [0.29, 0.717) is 23.2 Å². The van der Waals surface area contributed by atoms with E-state index in [-0.39, 0.29) is 30.5 Å². The monoisotopic (exact) mass is 409 g/mol. The number of aromatic amines is 1. The number of benzene rings is 1. The number of H-pyrrole nitrogens is 1. The summed E-state index contributed by atoms with van der Waals surface area (Å²) >= 11 is 0. The lowest BCUT2D eigenvalue weighted by atomic mass is 10.0. The van der Waals surface area contributed by atoms with Gasteiger partial charge in [0.2, 0.25) is 5.91 Å². The number of methoxy groups -OCH3 is 1. The number of nitriles is 1. The molecular weight excluding hydrogens is 390 g/mol. The van der Waals surface area contributed by atoms with Crippen LogP contribution < -0.4 is 16.2 Å². The van der Waals surface area contributed by atoms with Crippen LogP contribution in [0.25, 0.3) is 11.3 Å². The number of hydrogen-bond acceptors (Lipinski definition) is 7. The van der Waals surface area contributed by atoms with Gasteiger partial charge >= 0.3 is 5.97 Å². The smallest absolute Gasteiger partial charge is 0.306 e. The molecule has 3 rings (SSSR count). The lowest BCUT2D eigenvalue weighted by molar-refractivity contribution is -0.143. The van der Waals surface area contributed by atoms with Gasteiger partial charge in [-0.05, 0) is 24.6 Å². The summed E-state index contributed by atoms with van der Waals surface area (Å²) in [4.78, 5) is 47.9. The highest BCUT2D eigenvalue weighted by Gasteiger charge is 2.33. The van der Waals surface area contributed by atoms with Gasteiger partial charge in [-0.1, -0.05) is 12.1 Å². The fourth-order valence-corrected chi connectivity index (χ4v) is 3.17. The van der Waals surface area contributed by atoms with Gasteiger partial charge in [-0.25, -0.2) is 5.10 Å². The molecule has 30 heavy (non-hydrogen) atoms. The van der Waals surface area contributed by atoms with Crippen molar-refractivity contribution in [1.82, 2.24) is 20.8 Å². The van der Waals surface area contributed by atoms with Crippen LogP contribution in [0, 0.1) is 17.2 Å². The summed E-state index contributed by atoms with van der Waals surface area (Å²) in [5.41, 5.74) is 0.707. The van der Waals surface area contributed by atoms with Crippen LogP contribution in [0.2, 0.25) is 0 Å². The molecule has 10 heteroatoms. The van der Waals surface area contributed by atoms with E-state index < -0.39 is 23.4 Å². The lowest BCUT2D eigenvalue weighted by Gasteiger charge is -2.11. The molecule has 154 valence electrons. The molecule has 2 amide bonds. The van der Waals surface area contributed by atoms with Crippen LogP contribution in [-0.4, -0.2) is 47.7 Å². The van der Waals surface area contributed by atoms with Crippen molar-refractivity contribution >= 4 is 17.8 Å². The molecule has 0 spiro atoms. The Bertz CT molecular complexity index is 1070. The Hall–Kier alpha value is -4.00. The third-order valence-electron chi connectivity index (χ3n) is 4.79. The topological polar surface area (TPSA) is 154 Å². The maximum atomic E-state index is 12.5. The van der Waals surface area contributed by atoms with E-state index in [4.69, 9.17) is 5.26 Å². The number of aromatic nitrogens is 2. The zero-order valence-corrected chi connectivity index (χ0v) is 16.1. The number of amides is 2. The van der Waals surface area contributed by atoms with Gasteiger partial charge in [0.15, 0.2) is 0 Å². The molecule has 1 saturated heterocycles. The molecule has 0 saturated carbocycles. The number of carbonyl (C=O) groups is 3. The van der Waals surface area contributed by atoms with E-state index >= 15 is 0 Å². The molecule has 2 aromatic rings. The van der Waals surface area contributed by atoms with Gasteiger partial charge in [0.05, 0.1) is 36.8 Å². The molecule has 10 nitrogen and oxygen atoms in total. The quantitative estimate of drug-likeness (QED) is 0.572. The first-order valence-electron chi connectivity index (χ1n) is 9.17. The summed E-state index contributed by atoms with van der Waals surface area (Å²) in [6.45, 7) is 0.107. The van der Waals surface area contributed by atoms with Crippen molar-refractivity contribution in [3.05, 3.63) is 51.8 Å². The van der Waals surface area contributed by atoms with Gasteiger partial charge in [-0.3, -0.25) is 19.2 Å². The number of rotatable bonds is 6. The van der Waals surface area contributed by atoms with Crippen molar-refractivity contribution < 1.29 is 19.1 Å². The minimum Gasteiger partial charge on any atom is -0.469 e. The molecule has 1 aliphatic rings. The molecular formula is C20H19N5O5. The highest BCUT2D eigenvalue weighted by Crippen LogP contribution is 2.20. The second kappa shape index (κ2) is 9.00. The Morgan fingerprint density at radius 2 is 2.03 bits per heavy atom. The van der Waals surface area contributed by atoms with Gasteiger partial charge < -0.3 is 15.4 Å². The van der Waals surface area contributed by atoms with Crippen LogP contribution in [0.4, 0.5) is 0 Å². The Morgan fingerprint density at radius 1 is 1.30 bits per heavy atom. The Morgan fingerprint density at radius 3 is 2.70 bits per heavy atom. The second-order valence-electron chi connectivity index (χ2n) is 6.81. The first kappa shape index (κ1) is 20.7. The van der Waals surface area contributed by atoms with Crippen LogP contribution in [-0.2, 0) is 14.3 Å². The lowest BCUT2D eigenvalue weighted by Crippen LogP contribution is -2.40. The van der Waals surface area contributed by atoms with E-state index in [2.05, 4.69) is 25.6 Å². The summed E-state index contributed by atoms with van der Waals surface area (Å²) < 4.78 is 4.58. The summed E-state index contributed by atoms with van der Waals surface area (Å²) in [6.07, 6.45) is 0.349. The molecule has 0 aliphatic carbocycles. The first-order chi connectivity index (χ1) is 14.4. The average molecular weight is 409 g/mol. The number of nitrogens with zero attached hydrogens (tertiary/aromatic N) is 2. The number of hydrogen-bond donors (Lipinski definition) is 3. The van der Waals surface area contributed by atoms with Gasteiger partial charge in [0.25, 0.3) is 11.5 Å². The van der Waals surface area contributed by atoms with E-state index in [0.717, 1.165) is 0 Å². The van der Waals surface area contributed by atoms with Crippen LogP contribution in [0.15, 0.2) is 35.1 Å². The molecule has 1 fully saturated rings. The zero-order valence-electron chi connectivity index (χ0n) is 16.1. The van der Waals surface area contributed by atoms with E-state index in [1.54, 1.807) is 24.3 Å². The normalized spacial score (nSPS) is 17.7. The third kappa shape index (κ3) is 4.70. The number of esters is 1. The predicted molar refractivity (Wildman–Crippen MR) is 104 cm³/mol. The molecule has 3 N–H and O–H groups in total. The van der Waals surface area contributed by atoms with Gasteiger partial charge in [-0.15, -0.1) is 0 Å². The summed E-state index contributed by atoms with van der Waals surface area (Å²) in [7, 11) is 1.26. The van der Waals surface area contributed by atoms with Crippen molar-refractivity contribution in [2.45, 2.75) is 18.9 Å².